The van der Waals surface area contributed by atoms with E-state index in [1.165, 1.54) is 5.56 Å². The van der Waals surface area contributed by atoms with Crippen LogP contribution < -0.4 is 5.73 Å². The number of nitrogens with zero attached hydrogens (tertiary/aromatic N) is 1. The number of hydrogen-bond acceptors (Lipinski definition) is 2. The van der Waals surface area contributed by atoms with Crippen LogP contribution in [0.3, 0.4) is 0 Å². The van der Waals surface area contributed by atoms with Crippen molar-refractivity contribution >= 4 is 15.9 Å². The van der Waals surface area contributed by atoms with Gasteiger partial charge >= 0.3 is 0 Å². The van der Waals surface area contributed by atoms with Crippen molar-refractivity contribution in [2.24, 2.45) is 5.73 Å². The minimum absolute atomic E-state index is 0.171. The number of hydrogen-bond donors (Lipinski definition) is 2. The number of aromatic nitrogens is 2. The van der Waals surface area contributed by atoms with Crippen LogP contribution in [-0.2, 0) is 11.8 Å². The van der Waals surface area contributed by atoms with Crippen LogP contribution in [0.15, 0.2) is 29.0 Å². The van der Waals surface area contributed by atoms with Crippen molar-refractivity contribution in [1.82, 2.24) is 9.97 Å². The fourth-order valence-corrected chi connectivity index (χ4v) is 2.49. The van der Waals surface area contributed by atoms with E-state index in [1.807, 2.05) is 0 Å². The van der Waals surface area contributed by atoms with E-state index in [4.69, 9.17) is 5.73 Å². The summed E-state index contributed by atoms with van der Waals surface area (Å²) in [4.78, 5) is 7.71. The predicted molar refractivity (Wildman–Crippen MR) is 83.2 cm³/mol. The summed E-state index contributed by atoms with van der Waals surface area (Å²) in [5.74, 6) is 0. The van der Waals surface area contributed by atoms with Crippen molar-refractivity contribution in [2.45, 2.75) is 32.6 Å². The Balaban J connectivity index is 2.37. The zero-order chi connectivity index (χ0) is 14.0. The second kappa shape index (κ2) is 5.47. The highest BCUT2D eigenvalue weighted by molar-refractivity contribution is 9.10. The highest BCUT2D eigenvalue weighted by Gasteiger charge is 2.15. The Kier molecular flexibility index (Phi) is 4.11. The molecule has 0 unspecified atom stereocenters. The van der Waals surface area contributed by atoms with Crippen molar-refractivity contribution < 1.29 is 0 Å². The SMILES string of the molecule is CC(C)(C)c1ccc(-c2nc(Br)[nH]c2CCN)cc1. The van der Waals surface area contributed by atoms with Gasteiger partial charge in [0, 0.05) is 17.7 Å². The molecule has 0 aliphatic carbocycles. The summed E-state index contributed by atoms with van der Waals surface area (Å²) in [7, 11) is 0. The summed E-state index contributed by atoms with van der Waals surface area (Å²) in [5, 5.41) is 0. The molecule has 0 atom stereocenters. The standard InChI is InChI=1S/C15H20BrN3/c1-15(2,3)11-6-4-10(5-7-11)13-12(8-9-17)18-14(16)19-13/h4-7H,8-9,17H2,1-3H3,(H,18,19). The largest absolute Gasteiger partial charge is 0.336 e. The number of aromatic amines is 1. The molecule has 0 bridgehead atoms. The van der Waals surface area contributed by atoms with Crippen molar-refractivity contribution in [1.29, 1.82) is 0 Å². The summed E-state index contributed by atoms with van der Waals surface area (Å²) >= 11 is 3.39. The highest BCUT2D eigenvalue weighted by Crippen LogP contribution is 2.28. The summed E-state index contributed by atoms with van der Waals surface area (Å²) in [5.41, 5.74) is 10.3. The highest BCUT2D eigenvalue weighted by atomic mass is 79.9. The molecule has 1 aromatic carbocycles. The lowest BCUT2D eigenvalue weighted by Crippen LogP contribution is -2.10. The van der Waals surface area contributed by atoms with Crippen molar-refractivity contribution in [3.05, 3.63) is 40.3 Å². The topological polar surface area (TPSA) is 54.7 Å². The van der Waals surface area contributed by atoms with Gasteiger partial charge in [-0.2, -0.15) is 0 Å². The Labute approximate surface area is 122 Å². The Morgan fingerprint density at radius 2 is 1.84 bits per heavy atom. The molecule has 0 amide bonds. The molecule has 2 aromatic rings. The summed E-state index contributed by atoms with van der Waals surface area (Å²) in [6.07, 6.45) is 0.801. The van der Waals surface area contributed by atoms with E-state index in [1.54, 1.807) is 0 Å². The van der Waals surface area contributed by atoms with Gasteiger partial charge in [-0.15, -0.1) is 0 Å². The van der Waals surface area contributed by atoms with E-state index in [0.717, 1.165) is 28.1 Å². The fraction of sp³-hybridized carbons (Fsp3) is 0.400. The van der Waals surface area contributed by atoms with E-state index in [-0.39, 0.29) is 5.41 Å². The Bertz CT molecular complexity index is 550. The third-order valence-corrected chi connectivity index (χ3v) is 3.54. The average molecular weight is 322 g/mol. The lowest BCUT2D eigenvalue weighted by atomic mass is 9.86. The number of imidazole rings is 1. The smallest absolute Gasteiger partial charge is 0.175 e. The average Bonchev–Trinajstić information content (AvgIpc) is 2.70. The fourth-order valence-electron chi connectivity index (χ4n) is 2.07. The van der Waals surface area contributed by atoms with E-state index in [2.05, 4.69) is 70.9 Å². The van der Waals surface area contributed by atoms with E-state index >= 15 is 0 Å². The van der Waals surface area contributed by atoms with Gasteiger partial charge in [0.05, 0.1) is 5.69 Å². The third-order valence-electron chi connectivity index (χ3n) is 3.17. The number of benzene rings is 1. The van der Waals surface area contributed by atoms with Crippen molar-refractivity contribution in [3.8, 4) is 11.3 Å². The first kappa shape index (κ1) is 14.3. The van der Waals surface area contributed by atoms with Gasteiger partial charge < -0.3 is 10.7 Å². The van der Waals surface area contributed by atoms with Crippen LogP contribution in [0.1, 0.15) is 32.0 Å². The molecule has 0 aliphatic heterocycles. The van der Waals surface area contributed by atoms with Crippen LogP contribution in [-0.4, -0.2) is 16.5 Å². The lowest BCUT2D eigenvalue weighted by molar-refractivity contribution is 0.590. The third kappa shape index (κ3) is 3.25. The Morgan fingerprint density at radius 3 is 2.37 bits per heavy atom. The molecule has 0 fully saturated rings. The maximum atomic E-state index is 5.63. The number of nitrogens with two attached hydrogens (primary N) is 1. The molecule has 0 aliphatic rings. The van der Waals surface area contributed by atoms with Crippen LogP contribution in [0.4, 0.5) is 0 Å². The quantitative estimate of drug-likeness (QED) is 0.906. The minimum atomic E-state index is 0.171. The molecule has 3 N–H and O–H groups in total. The molecule has 0 spiro atoms. The molecule has 1 heterocycles. The van der Waals surface area contributed by atoms with Crippen LogP contribution in [0.25, 0.3) is 11.3 Å². The van der Waals surface area contributed by atoms with Crippen LogP contribution in [0, 0.1) is 0 Å². The van der Waals surface area contributed by atoms with Crippen molar-refractivity contribution in [2.75, 3.05) is 6.54 Å². The Morgan fingerprint density at radius 1 is 1.21 bits per heavy atom. The molecule has 19 heavy (non-hydrogen) atoms. The van der Waals surface area contributed by atoms with Gasteiger partial charge in [0.25, 0.3) is 0 Å². The van der Waals surface area contributed by atoms with Gasteiger partial charge in [0.1, 0.15) is 0 Å². The molecule has 0 radical (unpaired) electrons. The lowest BCUT2D eigenvalue weighted by Gasteiger charge is -2.19. The van der Waals surface area contributed by atoms with Crippen LogP contribution in [0.2, 0.25) is 0 Å². The normalized spacial score (nSPS) is 11.8. The number of nitrogens with one attached hydrogen (secondary N) is 1. The first-order valence-corrected chi connectivity index (χ1v) is 7.26. The number of rotatable bonds is 3. The Hall–Kier alpha value is -1.13. The van der Waals surface area contributed by atoms with Crippen LogP contribution >= 0.6 is 15.9 Å². The van der Waals surface area contributed by atoms with E-state index in [0.29, 0.717) is 6.54 Å². The van der Waals surface area contributed by atoms with Gasteiger partial charge in [0.15, 0.2) is 4.73 Å². The summed E-state index contributed by atoms with van der Waals surface area (Å²) < 4.78 is 0.755. The second-order valence-electron chi connectivity index (χ2n) is 5.72. The molecule has 1 aromatic heterocycles. The van der Waals surface area contributed by atoms with Gasteiger partial charge in [0.2, 0.25) is 0 Å². The zero-order valence-electron chi connectivity index (χ0n) is 11.6. The first-order valence-electron chi connectivity index (χ1n) is 6.47. The summed E-state index contributed by atoms with van der Waals surface area (Å²) in [6, 6.07) is 8.60. The number of H-pyrrole nitrogens is 1. The number of halogens is 1. The zero-order valence-corrected chi connectivity index (χ0v) is 13.2. The van der Waals surface area contributed by atoms with Crippen molar-refractivity contribution in [3.63, 3.8) is 0 Å². The molecular formula is C15H20BrN3. The molecule has 0 saturated heterocycles. The van der Waals surface area contributed by atoms with Crippen LogP contribution in [0.5, 0.6) is 0 Å². The maximum absolute atomic E-state index is 5.63. The van der Waals surface area contributed by atoms with Gasteiger partial charge in [-0.05, 0) is 33.5 Å². The van der Waals surface area contributed by atoms with Gasteiger partial charge in [-0.25, -0.2) is 4.98 Å². The van der Waals surface area contributed by atoms with Gasteiger partial charge in [-0.1, -0.05) is 45.0 Å². The molecular weight excluding hydrogens is 302 g/mol. The maximum Gasteiger partial charge on any atom is 0.175 e. The van der Waals surface area contributed by atoms with E-state index in [9.17, 15) is 0 Å². The molecule has 2 rings (SSSR count). The second-order valence-corrected chi connectivity index (χ2v) is 6.47. The molecule has 3 nitrogen and oxygen atoms in total. The molecule has 0 saturated carbocycles. The summed E-state index contributed by atoms with van der Waals surface area (Å²) in [6.45, 7) is 7.26. The monoisotopic (exact) mass is 321 g/mol. The molecule has 4 heteroatoms. The predicted octanol–water partition coefficient (Wildman–Crippen LogP) is 3.64. The van der Waals surface area contributed by atoms with E-state index < -0.39 is 0 Å². The molecule has 102 valence electrons. The van der Waals surface area contributed by atoms with Gasteiger partial charge in [-0.3, -0.25) is 0 Å². The minimum Gasteiger partial charge on any atom is -0.336 e. The first-order chi connectivity index (χ1) is 8.91.